The number of aromatic nitrogens is 5. The van der Waals surface area contributed by atoms with Gasteiger partial charge in [0.1, 0.15) is 5.76 Å². The molecule has 3 aromatic heterocycles. The number of non-ortho nitro benzene ring substituents is 1. The fourth-order valence-electron chi connectivity index (χ4n) is 2.53. The Morgan fingerprint density at radius 2 is 2.14 bits per heavy atom. The maximum Gasteiger partial charge on any atom is 0.270 e. The summed E-state index contributed by atoms with van der Waals surface area (Å²) >= 11 is 1.15. The highest BCUT2D eigenvalue weighted by molar-refractivity contribution is 7.99. The number of carbonyl (C=O) groups excluding carboxylic acids is 1. The molecule has 4 rings (SSSR count). The van der Waals surface area contributed by atoms with Gasteiger partial charge in [0.15, 0.2) is 11.5 Å². The molecule has 1 amide bonds. The number of benzene rings is 1. The highest BCUT2D eigenvalue weighted by Crippen LogP contribution is 2.24. The normalized spacial score (nSPS) is 10.9. The summed E-state index contributed by atoms with van der Waals surface area (Å²) < 4.78 is 6.39. The smallest absolute Gasteiger partial charge is 0.270 e. The second-order valence-electron chi connectivity index (χ2n) is 5.94. The van der Waals surface area contributed by atoms with Crippen LogP contribution in [-0.4, -0.2) is 41.6 Å². The van der Waals surface area contributed by atoms with Crippen LogP contribution in [0.4, 0.5) is 11.5 Å². The summed E-state index contributed by atoms with van der Waals surface area (Å²) in [5.74, 6) is 0.713. The third kappa shape index (κ3) is 4.06. The van der Waals surface area contributed by atoms with Crippen LogP contribution >= 0.6 is 11.8 Å². The van der Waals surface area contributed by atoms with Crippen LogP contribution in [0.2, 0.25) is 0 Å². The Morgan fingerprint density at radius 1 is 1.28 bits per heavy atom. The van der Waals surface area contributed by atoms with Gasteiger partial charge in [0.25, 0.3) is 5.69 Å². The molecule has 12 heteroatoms. The minimum absolute atomic E-state index is 0.0254. The zero-order valence-corrected chi connectivity index (χ0v) is 15.8. The van der Waals surface area contributed by atoms with Crippen molar-refractivity contribution in [3.8, 4) is 11.3 Å². The van der Waals surface area contributed by atoms with E-state index >= 15 is 0 Å². The maximum atomic E-state index is 12.1. The average Bonchev–Trinajstić information content (AvgIpc) is 3.31. The number of rotatable bonds is 6. The van der Waals surface area contributed by atoms with E-state index in [9.17, 15) is 14.9 Å². The predicted octanol–water partition coefficient (Wildman–Crippen LogP) is 2.73. The molecule has 1 N–H and O–H groups in total. The number of nitro benzene ring substituents is 1. The van der Waals surface area contributed by atoms with Crippen molar-refractivity contribution in [1.82, 2.24) is 25.0 Å². The number of hydrogen-bond donors (Lipinski definition) is 1. The molecule has 0 aliphatic rings. The number of anilines is 1. The van der Waals surface area contributed by atoms with E-state index < -0.39 is 4.92 Å². The topological polar surface area (TPSA) is 141 Å². The van der Waals surface area contributed by atoms with E-state index in [4.69, 9.17) is 4.52 Å². The van der Waals surface area contributed by atoms with E-state index in [0.717, 1.165) is 11.8 Å². The molecule has 0 saturated heterocycles. The highest BCUT2D eigenvalue weighted by Gasteiger charge is 2.14. The van der Waals surface area contributed by atoms with Gasteiger partial charge in [0.05, 0.1) is 16.4 Å². The molecule has 11 nitrogen and oxygen atoms in total. The minimum Gasteiger partial charge on any atom is -0.360 e. The quantitative estimate of drug-likeness (QED) is 0.288. The number of amides is 1. The predicted molar refractivity (Wildman–Crippen MR) is 103 cm³/mol. The summed E-state index contributed by atoms with van der Waals surface area (Å²) in [6.45, 7) is 1.73. The largest absolute Gasteiger partial charge is 0.360 e. The Morgan fingerprint density at radius 3 is 2.90 bits per heavy atom. The molecular weight excluding hydrogens is 398 g/mol. The maximum absolute atomic E-state index is 12.1. The SMILES string of the molecule is Cc1cc(NC(=O)CSc2nnc3ccc(-c4cccc([N+](=O)[O-])c4)nn23)no1. The van der Waals surface area contributed by atoms with Crippen LogP contribution in [0.3, 0.4) is 0 Å². The molecule has 146 valence electrons. The summed E-state index contributed by atoms with van der Waals surface area (Å²) in [5, 5.41) is 30.3. The van der Waals surface area contributed by atoms with Gasteiger partial charge in [-0.2, -0.15) is 9.61 Å². The summed E-state index contributed by atoms with van der Waals surface area (Å²) in [6.07, 6.45) is 0. The highest BCUT2D eigenvalue weighted by atomic mass is 32.2. The van der Waals surface area contributed by atoms with E-state index in [1.165, 1.54) is 16.6 Å². The van der Waals surface area contributed by atoms with Gasteiger partial charge in [-0.05, 0) is 19.1 Å². The molecule has 3 heterocycles. The first-order chi connectivity index (χ1) is 14.0. The Labute approximate surface area is 167 Å². The molecule has 0 atom stereocenters. The third-order valence-electron chi connectivity index (χ3n) is 3.81. The van der Waals surface area contributed by atoms with Gasteiger partial charge in [-0.15, -0.1) is 10.2 Å². The number of carbonyl (C=O) groups is 1. The standard InChI is InChI=1S/C17H13N7O4S/c1-10-7-14(22-28-10)18-16(25)9-29-17-20-19-15-6-5-13(21-23(15)17)11-3-2-4-12(8-11)24(26)27/h2-8H,9H2,1H3,(H,18,22,25). The lowest BCUT2D eigenvalue weighted by Crippen LogP contribution is -2.14. The number of nitrogens with one attached hydrogen (secondary N) is 1. The van der Waals surface area contributed by atoms with Crippen LogP contribution in [0.5, 0.6) is 0 Å². The lowest BCUT2D eigenvalue weighted by Gasteiger charge is -2.03. The molecule has 0 bridgehead atoms. The fraction of sp³-hybridized carbons (Fsp3) is 0.118. The monoisotopic (exact) mass is 411 g/mol. The van der Waals surface area contributed by atoms with E-state index in [1.54, 1.807) is 37.3 Å². The number of fused-ring (bicyclic) bond motifs is 1. The first-order valence-electron chi connectivity index (χ1n) is 8.33. The van der Waals surface area contributed by atoms with Crippen LogP contribution < -0.4 is 5.32 Å². The van der Waals surface area contributed by atoms with Crippen molar-refractivity contribution >= 4 is 34.8 Å². The van der Waals surface area contributed by atoms with Gasteiger partial charge in [-0.1, -0.05) is 29.1 Å². The van der Waals surface area contributed by atoms with Crippen LogP contribution in [0, 0.1) is 17.0 Å². The Kier molecular flexibility index (Phi) is 4.91. The zero-order chi connectivity index (χ0) is 20.4. The number of nitro groups is 1. The molecule has 0 saturated carbocycles. The van der Waals surface area contributed by atoms with Gasteiger partial charge < -0.3 is 9.84 Å². The van der Waals surface area contributed by atoms with Gasteiger partial charge in [-0.3, -0.25) is 14.9 Å². The molecule has 0 aliphatic carbocycles. The Balaban J connectivity index is 1.53. The number of nitrogens with zero attached hydrogens (tertiary/aromatic N) is 6. The van der Waals surface area contributed by atoms with Crippen molar-refractivity contribution < 1.29 is 14.2 Å². The van der Waals surface area contributed by atoms with E-state index in [2.05, 4.69) is 25.8 Å². The van der Waals surface area contributed by atoms with Crippen molar-refractivity contribution in [2.45, 2.75) is 12.1 Å². The Hall–Kier alpha value is -3.80. The van der Waals surface area contributed by atoms with E-state index in [1.807, 2.05) is 0 Å². The molecule has 0 radical (unpaired) electrons. The van der Waals surface area contributed by atoms with Crippen molar-refractivity contribution in [2.75, 3.05) is 11.1 Å². The van der Waals surface area contributed by atoms with E-state index in [-0.39, 0.29) is 17.3 Å². The van der Waals surface area contributed by atoms with Gasteiger partial charge in [0.2, 0.25) is 11.1 Å². The minimum atomic E-state index is -0.461. The van der Waals surface area contributed by atoms with Crippen LogP contribution in [0.25, 0.3) is 16.9 Å². The summed E-state index contributed by atoms with van der Waals surface area (Å²) in [5.41, 5.74) is 1.58. The molecular formula is C17H13N7O4S. The van der Waals surface area contributed by atoms with Crippen molar-refractivity contribution in [3.05, 3.63) is 58.3 Å². The molecule has 0 unspecified atom stereocenters. The number of hydrogen-bond acceptors (Lipinski definition) is 9. The molecule has 4 aromatic rings. The lowest BCUT2D eigenvalue weighted by molar-refractivity contribution is -0.384. The summed E-state index contributed by atoms with van der Waals surface area (Å²) in [6, 6.07) is 11.2. The van der Waals surface area contributed by atoms with Crippen LogP contribution in [0.1, 0.15) is 5.76 Å². The first kappa shape index (κ1) is 18.6. The van der Waals surface area contributed by atoms with Gasteiger partial charge >= 0.3 is 0 Å². The molecule has 0 aliphatic heterocycles. The average molecular weight is 411 g/mol. The number of aryl methyl sites for hydroxylation is 1. The third-order valence-corrected chi connectivity index (χ3v) is 4.73. The Bertz CT molecular complexity index is 1220. The number of thioether (sulfide) groups is 1. The van der Waals surface area contributed by atoms with Crippen molar-refractivity contribution in [2.24, 2.45) is 0 Å². The lowest BCUT2D eigenvalue weighted by atomic mass is 10.1. The fourth-order valence-corrected chi connectivity index (χ4v) is 3.21. The second kappa shape index (κ2) is 7.67. The molecule has 0 spiro atoms. The zero-order valence-electron chi connectivity index (χ0n) is 15.0. The summed E-state index contributed by atoms with van der Waals surface area (Å²) in [7, 11) is 0. The first-order valence-corrected chi connectivity index (χ1v) is 9.31. The van der Waals surface area contributed by atoms with Gasteiger partial charge in [-0.25, -0.2) is 0 Å². The van der Waals surface area contributed by atoms with Crippen LogP contribution in [-0.2, 0) is 4.79 Å². The van der Waals surface area contributed by atoms with E-state index in [0.29, 0.717) is 33.6 Å². The van der Waals surface area contributed by atoms with Crippen LogP contribution in [0.15, 0.2) is 52.1 Å². The van der Waals surface area contributed by atoms with Crippen molar-refractivity contribution in [1.29, 1.82) is 0 Å². The van der Waals surface area contributed by atoms with Gasteiger partial charge in [0, 0.05) is 23.8 Å². The summed E-state index contributed by atoms with van der Waals surface area (Å²) in [4.78, 5) is 22.6. The molecule has 0 fully saturated rings. The molecule has 1 aromatic carbocycles. The van der Waals surface area contributed by atoms with Crippen molar-refractivity contribution in [3.63, 3.8) is 0 Å². The molecule has 29 heavy (non-hydrogen) atoms. The second-order valence-corrected chi connectivity index (χ2v) is 6.88.